The van der Waals surface area contributed by atoms with E-state index < -0.39 is 11.7 Å². The largest absolute Gasteiger partial charge is 0.399 e. The highest BCUT2D eigenvalue weighted by molar-refractivity contribution is 6.08. The maximum Gasteiger partial charge on any atom is 0.259 e. The monoisotopic (exact) mass is 270 g/mol. The average Bonchev–Trinajstić information content (AvgIpc) is 2.86. The van der Waals surface area contributed by atoms with E-state index in [-0.39, 0.29) is 5.69 Å². The van der Waals surface area contributed by atoms with Gasteiger partial charge in [0, 0.05) is 11.9 Å². The van der Waals surface area contributed by atoms with Crippen LogP contribution in [0.4, 0.5) is 15.8 Å². The molecule has 6 heteroatoms. The number of anilines is 2. The minimum atomic E-state index is -0.574. The molecular weight excluding hydrogens is 259 g/mol. The quantitative estimate of drug-likeness (QED) is 0.702. The Bertz CT molecular complexity index is 797. The molecule has 0 aliphatic heterocycles. The molecule has 0 atom stereocenters. The van der Waals surface area contributed by atoms with Crippen LogP contribution >= 0.6 is 0 Å². The normalized spacial score (nSPS) is 10.7. The molecule has 100 valence electrons. The summed E-state index contributed by atoms with van der Waals surface area (Å²) in [7, 11) is 0. The second kappa shape index (κ2) is 4.65. The van der Waals surface area contributed by atoms with Crippen LogP contribution in [0.3, 0.4) is 0 Å². The number of nitrogens with zero attached hydrogens (tertiary/aromatic N) is 2. The van der Waals surface area contributed by atoms with Crippen molar-refractivity contribution in [2.45, 2.75) is 0 Å². The van der Waals surface area contributed by atoms with E-state index in [1.165, 1.54) is 18.3 Å². The maximum atomic E-state index is 13.7. The smallest absolute Gasteiger partial charge is 0.259 e. The third kappa shape index (κ3) is 2.07. The molecule has 0 aliphatic rings. The lowest BCUT2D eigenvalue weighted by molar-refractivity contribution is 0.102. The number of fused-ring (bicyclic) bond motifs is 1. The number of amides is 1. The summed E-state index contributed by atoms with van der Waals surface area (Å²) in [6.07, 6.45) is 3.18. The summed E-state index contributed by atoms with van der Waals surface area (Å²) in [5, 5.41) is 6.57. The molecule has 2 aromatic heterocycles. The molecule has 0 fully saturated rings. The number of carbonyl (C=O) groups excluding carboxylic acids is 1. The molecule has 20 heavy (non-hydrogen) atoms. The molecule has 1 amide bonds. The first-order valence-electron chi connectivity index (χ1n) is 5.94. The number of hydrogen-bond acceptors (Lipinski definition) is 3. The highest BCUT2D eigenvalue weighted by Crippen LogP contribution is 2.19. The van der Waals surface area contributed by atoms with E-state index in [0.717, 1.165) is 6.07 Å². The Labute approximate surface area is 113 Å². The predicted octanol–water partition coefficient (Wildman–Crippen LogP) is 2.31. The van der Waals surface area contributed by atoms with Crippen molar-refractivity contribution in [3.05, 3.63) is 60.2 Å². The fourth-order valence-electron chi connectivity index (χ4n) is 1.93. The van der Waals surface area contributed by atoms with Gasteiger partial charge in [-0.05, 0) is 30.3 Å². The van der Waals surface area contributed by atoms with Gasteiger partial charge in [0.25, 0.3) is 5.91 Å². The fourth-order valence-corrected chi connectivity index (χ4v) is 1.93. The van der Waals surface area contributed by atoms with Gasteiger partial charge in [-0.3, -0.25) is 4.79 Å². The Kier molecular flexibility index (Phi) is 2.83. The molecule has 3 N–H and O–H groups in total. The summed E-state index contributed by atoms with van der Waals surface area (Å²) in [6, 6.07) is 9.48. The van der Waals surface area contributed by atoms with Crippen LogP contribution < -0.4 is 11.1 Å². The Morgan fingerprint density at radius 2 is 2.15 bits per heavy atom. The SMILES string of the molecule is Nc1ccc(NC(=O)c2cnn3ccccc23)c(F)c1. The number of halogens is 1. The number of hydrogen-bond donors (Lipinski definition) is 2. The van der Waals surface area contributed by atoms with Crippen molar-refractivity contribution in [1.29, 1.82) is 0 Å². The van der Waals surface area contributed by atoms with Gasteiger partial charge in [-0.1, -0.05) is 6.07 Å². The second-order valence-corrected chi connectivity index (χ2v) is 4.28. The predicted molar refractivity (Wildman–Crippen MR) is 74.0 cm³/mol. The number of carbonyl (C=O) groups is 1. The van der Waals surface area contributed by atoms with Gasteiger partial charge in [0.05, 0.1) is 23.0 Å². The molecule has 0 bridgehead atoms. The number of nitrogen functional groups attached to an aromatic ring is 1. The van der Waals surface area contributed by atoms with E-state index in [9.17, 15) is 9.18 Å². The van der Waals surface area contributed by atoms with Crippen molar-refractivity contribution in [3.63, 3.8) is 0 Å². The maximum absolute atomic E-state index is 13.7. The van der Waals surface area contributed by atoms with Gasteiger partial charge in [-0.2, -0.15) is 5.10 Å². The summed E-state index contributed by atoms with van der Waals surface area (Å²) in [6.45, 7) is 0. The molecule has 0 saturated carbocycles. The molecule has 3 aromatic rings. The zero-order valence-electron chi connectivity index (χ0n) is 10.4. The van der Waals surface area contributed by atoms with E-state index in [1.54, 1.807) is 28.9 Å². The molecular formula is C14H11FN4O. The van der Waals surface area contributed by atoms with Crippen LogP contribution in [0.5, 0.6) is 0 Å². The minimum Gasteiger partial charge on any atom is -0.399 e. The van der Waals surface area contributed by atoms with Crippen molar-refractivity contribution in [3.8, 4) is 0 Å². The third-order valence-corrected chi connectivity index (χ3v) is 2.91. The van der Waals surface area contributed by atoms with E-state index in [1.807, 2.05) is 0 Å². The number of nitrogens with one attached hydrogen (secondary N) is 1. The highest BCUT2D eigenvalue weighted by atomic mass is 19.1. The number of aromatic nitrogens is 2. The van der Waals surface area contributed by atoms with Crippen LogP contribution in [0.25, 0.3) is 5.52 Å². The zero-order chi connectivity index (χ0) is 14.1. The van der Waals surface area contributed by atoms with Gasteiger partial charge >= 0.3 is 0 Å². The van der Waals surface area contributed by atoms with Crippen molar-refractivity contribution in [2.24, 2.45) is 0 Å². The van der Waals surface area contributed by atoms with Gasteiger partial charge in [0.2, 0.25) is 0 Å². The molecule has 0 saturated heterocycles. The van der Waals surface area contributed by atoms with Crippen molar-refractivity contribution < 1.29 is 9.18 Å². The average molecular weight is 270 g/mol. The van der Waals surface area contributed by atoms with Crippen molar-refractivity contribution in [1.82, 2.24) is 9.61 Å². The number of pyridine rings is 1. The van der Waals surface area contributed by atoms with Crippen LogP contribution in [-0.2, 0) is 0 Å². The zero-order valence-corrected chi connectivity index (χ0v) is 10.4. The van der Waals surface area contributed by atoms with Crippen LogP contribution in [0.15, 0.2) is 48.8 Å². The minimum absolute atomic E-state index is 0.0829. The van der Waals surface area contributed by atoms with Crippen LogP contribution in [-0.4, -0.2) is 15.5 Å². The second-order valence-electron chi connectivity index (χ2n) is 4.28. The molecule has 0 radical (unpaired) electrons. The summed E-state index contributed by atoms with van der Waals surface area (Å²) in [5.74, 6) is -0.996. The number of rotatable bonds is 2. The van der Waals surface area contributed by atoms with Gasteiger partial charge in [-0.25, -0.2) is 8.91 Å². The summed E-state index contributed by atoms with van der Waals surface area (Å²) in [4.78, 5) is 12.2. The molecule has 3 rings (SSSR count). The Morgan fingerprint density at radius 1 is 1.30 bits per heavy atom. The summed E-state index contributed by atoms with van der Waals surface area (Å²) in [5.41, 5.74) is 6.88. The van der Waals surface area contributed by atoms with E-state index in [0.29, 0.717) is 16.8 Å². The Balaban J connectivity index is 1.93. The lowest BCUT2D eigenvalue weighted by Crippen LogP contribution is -2.12. The highest BCUT2D eigenvalue weighted by Gasteiger charge is 2.14. The lowest BCUT2D eigenvalue weighted by atomic mass is 10.2. The van der Waals surface area contributed by atoms with Gasteiger partial charge in [0.1, 0.15) is 5.82 Å². The fraction of sp³-hybridized carbons (Fsp3) is 0. The first-order chi connectivity index (χ1) is 9.65. The molecule has 5 nitrogen and oxygen atoms in total. The standard InChI is InChI=1S/C14H11FN4O/c15-11-7-9(16)4-5-12(11)18-14(20)10-8-17-19-6-2-1-3-13(10)19/h1-8H,16H2,(H,18,20). The molecule has 2 heterocycles. The van der Waals surface area contributed by atoms with E-state index in [2.05, 4.69) is 10.4 Å². The summed E-state index contributed by atoms with van der Waals surface area (Å²) < 4.78 is 15.2. The number of benzene rings is 1. The van der Waals surface area contributed by atoms with Crippen LogP contribution in [0, 0.1) is 5.82 Å². The first kappa shape index (κ1) is 12.2. The molecule has 0 spiro atoms. The molecule has 0 unspecified atom stereocenters. The Hall–Kier alpha value is -2.89. The van der Waals surface area contributed by atoms with Gasteiger partial charge < -0.3 is 11.1 Å². The van der Waals surface area contributed by atoms with Crippen molar-refractivity contribution >= 4 is 22.8 Å². The third-order valence-electron chi connectivity index (χ3n) is 2.91. The molecule has 0 aliphatic carbocycles. The Morgan fingerprint density at radius 3 is 2.95 bits per heavy atom. The van der Waals surface area contributed by atoms with E-state index in [4.69, 9.17) is 5.73 Å². The van der Waals surface area contributed by atoms with Crippen LogP contribution in [0.1, 0.15) is 10.4 Å². The lowest BCUT2D eigenvalue weighted by Gasteiger charge is -2.06. The van der Waals surface area contributed by atoms with Gasteiger partial charge in [0.15, 0.2) is 0 Å². The van der Waals surface area contributed by atoms with Gasteiger partial charge in [-0.15, -0.1) is 0 Å². The molecule has 1 aromatic carbocycles. The topological polar surface area (TPSA) is 72.4 Å². The van der Waals surface area contributed by atoms with Crippen LogP contribution in [0.2, 0.25) is 0 Å². The van der Waals surface area contributed by atoms with E-state index >= 15 is 0 Å². The first-order valence-corrected chi connectivity index (χ1v) is 5.94. The number of nitrogens with two attached hydrogens (primary N) is 1. The summed E-state index contributed by atoms with van der Waals surface area (Å²) >= 11 is 0. The van der Waals surface area contributed by atoms with Crippen molar-refractivity contribution in [2.75, 3.05) is 11.1 Å².